The van der Waals surface area contributed by atoms with Crippen LogP contribution < -0.4 is 5.43 Å². The van der Waals surface area contributed by atoms with Crippen LogP contribution in [0.3, 0.4) is 0 Å². The Bertz CT molecular complexity index is 192. The van der Waals surface area contributed by atoms with Crippen molar-refractivity contribution in [1.82, 2.24) is 9.66 Å². The summed E-state index contributed by atoms with van der Waals surface area (Å²) in [6, 6.07) is 0. The maximum Gasteiger partial charge on any atom is 0.114 e. The largest absolute Gasteiger partial charge is 0.325 e. The zero-order chi connectivity index (χ0) is 7.40. The highest BCUT2D eigenvalue weighted by atomic mass is 15.4. The second kappa shape index (κ2) is 3.25. The normalized spacial score (nSPS) is 9.80. The number of aryl methyl sites for hydroxylation is 1. The summed E-state index contributed by atoms with van der Waals surface area (Å²) in [5.41, 5.74) is 4.21. The van der Waals surface area contributed by atoms with E-state index in [-0.39, 0.29) is 0 Å². The average Bonchev–Trinajstić information content (AvgIpc) is 2.31. The van der Waals surface area contributed by atoms with Gasteiger partial charge in [0.15, 0.2) is 0 Å². The predicted molar refractivity (Wildman–Crippen MR) is 41.5 cm³/mol. The van der Waals surface area contributed by atoms with Gasteiger partial charge in [-0.2, -0.15) is 0 Å². The quantitative estimate of drug-likeness (QED) is 0.680. The van der Waals surface area contributed by atoms with E-state index in [1.54, 1.807) is 6.33 Å². The highest BCUT2D eigenvalue weighted by Crippen LogP contribution is 1.89. The molecule has 0 aliphatic heterocycles. The Kier molecular flexibility index (Phi) is 2.31. The maximum absolute atomic E-state index is 4.07. The highest BCUT2D eigenvalue weighted by Gasteiger charge is 1.88. The van der Waals surface area contributed by atoms with Crippen LogP contribution in [0.2, 0.25) is 0 Å². The maximum atomic E-state index is 4.07. The van der Waals surface area contributed by atoms with Crippen molar-refractivity contribution < 1.29 is 0 Å². The minimum atomic E-state index is 0.996. The molecule has 1 aromatic heterocycles. The van der Waals surface area contributed by atoms with E-state index in [9.17, 15) is 0 Å². The van der Waals surface area contributed by atoms with Crippen molar-refractivity contribution in [2.45, 2.75) is 20.3 Å². The Morgan fingerprint density at radius 3 is 3.00 bits per heavy atom. The Morgan fingerprint density at radius 1 is 1.70 bits per heavy atom. The first-order valence-electron chi connectivity index (χ1n) is 3.57. The van der Waals surface area contributed by atoms with E-state index in [0.717, 1.165) is 18.7 Å². The van der Waals surface area contributed by atoms with Crippen molar-refractivity contribution in [2.24, 2.45) is 0 Å². The van der Waals surface area contributed by atoms with Gasteiger partial charge in [0.2, 0.25) is 0 Å². The molecule has 0 saturated heterocycles. The Morgan fingerprint density at radius 2 is 2.50 bits per heavy atom. The standard InChI is InChI=1S/C7H13N3/c1-3-4-9-10-5-7(2)8-6-10/h5-6,9H,3-4H2,1-2H3. The zero-order valence-electron chi connectivity index (χ0n) is 6.46. The van der Waals surface area contributed by atoms with E-state index >= 15 is 0 Å². The molecular weight excluding hydrogens is 126 g/mol. The van der Waals surface area contributed by atoms with Gasteiger partial charge in [-0.3, -0.25) is 4.68 Å². The molecule has 1 rings (SSSR count). The van der Waals surface area contributed by atoms with Crippen molar-refractivity contribution in [2.75, 3.05) is 12.0 Å². The second-order valence-corrected chi connectivity index (χ2v) is 2.33. The van der Waals surface area contributed by atoms with Gasteiger partial charge in [0.25, 0.3) is 0 Å². The molecule has 0 spiro atoms. The van der Waals surface area contributed by atoms with E-state index in [2.05, 4.69) is 17.3 Å². The zero-order valence-corrected chi connectivity index (χ0v) is 6.46. The van der Waals surface area contributed by atoms with Gasteiger partial charge < -0.3 is 5.43 Å². The number of hydrogen-bond acceptors (Lipinski definition) is 2. The smallest absolute Gasteiger partial charge is 0.114 e. The van der Waals surface area contributed by atoms with E-state index in [1.165, 1.54) is 0 Å². The number of hydrogen-bond donors (Lipinski definition) is 1. The summed E-state index contributed by atoms with van der Waals surface area (Å²) in [4.78, 5) is 4.07. The lowest BCUT2D eigenvalue weighted by Crippen LogP contribution is -2.12. The summed E-state index contributed by atoms with van der Waals surface area (Å²) in [5, 5.41) is 0. The fraction of sp³-hybridized carbons (Fsp3) is 0.571. The van der Waals surface area contributed by atoms with Crippen LogP contribution in [0, 0.1) is 6.92 Å². The third kappa shape index (κ3) is 1.76. The molecule has 0 aliphatic rings. The first-order chi connectivity index (χ1) is 4.83. The molecule has 0 fully saturated rings. The average molecular weight is 139 g/mol. The van der Waals surface area contributed by atoms with Crippen molar-refractivity contribution >= 4 is 0 Å². The van der Waals surface area contributed by atoms with Crippen LogP contribution in [0.15, 0.2) is 12.5 Å². The molecule has 0 aromatic carbocycles. The number of nitrogens with zero attached hydrogens (tertiary/aromatic N) is 2. The van der Waals surface area contributed by atoms with Gasteiger partial charge in [0.1, 0.15) is 6.33 Å². The van der Waals surface area contributed by atoms with Gasteiger partial charge in [-0.25, -0.2) is 4.98 Å². The second-order valence-electron chi connectivity index (χ2n) is 2.33. The lowest BCUT2D eigenvalue weighted by atomic mass is 10.5. The summed E-state index contributed by atoms with van der Waals surface area (Å²) < 4.78 is 1.89. The molecule has 3 heteroatoms. The molecule has 3 nitrogen and oxygen atoms in total. The van der Waals surface area contributed by atoms with Crippen LogP contribution in [0.5, 0.6) is 0 Å². The van der Waals surface area contributed by atoms with Gasteiger partial charge in [-0.15, -0.1) is 0 Å². The summed E-state index contributed by atoms with van der Waals surface area (Å²) in [6.45, 7) is 5.11. The van der Waals surface area contributed by atoms with E-state index in [0.29, 0.717) is 0 Å². The minimum Gasteiger partial charge on any atom is -0.325 e. The third-order valence-corrected chi connectivity index (χ3v) is 1.26. The van der Waals surface area contributed by atoms with Crippen LogP contribution in [-0.2, 0) is 0 Å². The van der Waals surface area contributed by atoms with Gasteiger partial charge in [0.05, 0.1) is 5.69 Å². The van der Waals surface area contributed by atoms with Crippen LogP contribution in [0.1, 0.15) is 19.0 Å². The molecule has 1 aromatic rings. The molecular formula is C7H13N3. The van der Waals surface area contributed by atoms with E-state index < -0.39 is 0 Å². The highest BCUT2D eigenvalue weighted by molar-refractivity contribution is 4.94. The number of nitrogens with one attached hydrogen (secondary N) is 1. The number of rotatable bonds is 3. The van der Waals surface area contributed by atoms with Crippen LogP contribution >= 0.6 is 0 Å². The fourth-order valence-electron chi connectivity index (χ4n) is 0.749. The van der Waals surface area contributed by atoms with Crippen molar-refractivity contribution in [1.29, 1.82) is 0 Å². The summed E-state index contributed by atoms with van der Waals surface area (Å²) in [7, 11) is 0. The Balaban J connectivity index is 2.42. The molecule has 0 atom stereocenters. The molecule has 0 radical (unpaired) electrons. The molecule has 0 bridgehead atoms. The van der Waals surface area contributed by atoms with Crippen LogP contribution in [-0.4, -0.2) is 16.2 Å². The summed E-state index contributed by atoms with van der Waals surface area (Å²) in [6.07, 6.45) is 4.89. The summed E-state index contributed by atoms with van der Waals surface area (Å²) in [5.74, 6) is 0. The van der Waals surface area contributed by atoms with E-state index in [1.807, 2.05) is 17.8 Å². The number of aromatic nitrogens is 2. The topological polar surface area (TPSA) is 29.9 Å². The first-order valence-corrected chi connectivity index (χ1v) is 3.57. The van der Waals surface area contributed by atoms with Crippen molar-refractivity contribution in [3.8, 4) is 0 Å². The predicted octanol–water partition coefficient (Wildman–Crippen LogP) is 1.15. The molecule has 0 saturated carbocycles. The monoisotopic (exact) mass is 139 g/mol. The third-order valence-electron chi connectivity index (χ3n) is 1.26. The minimum absolute atomic E-state index is 0.996. The molecule has 1 N–H and O–H groups in total. The molecule has 0 unspecified atom stereocenters. The van der Waals surface area contributed by atoms with Crippen LogP contribution in [0.4, 0.5) is 0 Å². The molecule has 1 heterocycles. The lowest BCUT2D eigenvalue weighted by molar-refractivity contribution is 0.806. The summed E-state index contributed by atoms with van der Waals surface area (Å²) >= 11 is 0. The molecule has 10 heavy (non-hydrogen) atoms. The van der Waals surface area contributed by atoms with Crippen molar-refractivity contribution in [3.05, 3.63) is 18.2 Å². The number of imidazole rings is 1. The Labute approximate surface area is 61.0 Å². The van der Waals surface area contributed by atoms with Crippen molar-refractivity contribution in [3.63, 3.8) is 0 Å². The van der Waals surface area contributed by atoms with Gasteiger partial charge in [0, 0.05) is 12.7 Å². The molecule has 0 aliphatic carbocycles. The van der Waals surface area contributed by atoms with Gasteiger partial charge in [-0.05, 0) is 13.3 Å². The van der Waals surface area contributed by atoms with Gasteiger partial charge in [-0.1, -0.05) is 6.92 Å². The molecule has 56 valence electrons. The van der Waals surface area contributed by atoms with Gasteiger partial charge >= 0.3 is 0 Å². The van der Waals surface area contributed by atoms with Crippen LogP contribution in [0.25, 0.3) is 0 Å². The Hall–Kier alpha value is -0.990. The van der Waals surface area contributed by atoms with E-state index in [4.69, 9.17) is 0 Å². The first kappa shape index (κ1) is 7.12. The molecule has 0 amide bonds. The SMILES string of the molecule is CCCNn1cnc(C)c1. The lowest BCUT2D eigenvalue weighted by Gasteiger charge is -2.02. The fourth-order valence-corrected chi connectivity index (χ4v) is 0.749.